The van der Waals surface area contributed by atoms with Gasteiger partial charge in [0, 0.05) is 18.4 Å². The number of methoxy groups -OCH3 is 2. The van der Waals surface area contributed by atoms with E-state index in [9.17, 15) is 5.26 Å². The molecule has 0 radical (unpaired) electrons. The molecule has 0 aliphatic rings. The molecule has 1 aromatic carbocycles. The predicted molar refractivity (Wildman–Crippen MR) is 117 cm³/mol. The highest BCUT2D eigenvalue weighted by Crippen LogP contribution is 2.33. The van der Waals surface area contributed by atoms with E-state index >= 15 is 0 Å². The zero-order valence-corrected chi connectivity index (χ0v) is 18.1. The molecule has 0 spiro atoms. The largest absolute Gasteiger partial charge is 0.493 e. The van der Waals surface area contributed by atoms with Gasteiger partial charge in [-0.1, -0.05) is 12.7 Å². The van der Waals surface area contributed by atoms with Gasteiger partial charge in [-0.25, -0.2) is 4.98 Å². The molecule has 1 aromatic heterocycles. The number of hydrazone groups is 1. The van der Waals surface area contributed by atoms with Crippen LogP contribution in [0, 0.1) is 21.8 Å². The van der Waals surface area contributed by atoms with E-state index < -0.39 is 0 Å². The van der Waals surface area contributed by atoms with Crippen molar-refractivity contribution in [2.24, 2.45) is 5.10 Å². The summed E-state index contributed by atoms with van der Waals surface area (Å²) >= 11 is 2.18. The molecule has 0 aliphatic heterocycles. The number of aryl methyl sites for hydroxylation is 1. The van der Waals surface area contributed by atoms with Gasteiger partial charge < -0.3 is 14.2 Å². The Morgan fingerprint density at radius 1 is 1.36 bits per heavy atom. The van der Waals surface area contributed by atoms with Crippen molar-refractivity contribution in [3.8, 4) is 17.6 Å². The topological polar surface area (TPSA) is 88.8 Å². The number of nitriles is 1. The van der Waals surface area contributed by atoms with Crippen molar-refractivity contribution in [2.75, 3.05) is 26.3 Å². The molecule has 0 atom stereocenters. The van der Waals surface area contributed by atoms with E-state index in [4.69, 9.17) is 14.2 Å². The van der Waals surface area contributed by atoms with Gasteiger partial charge in [-0.05, 0) is 53.3 Å². The highest BCUT2D eigenvalue weighted by Gasteiger charge is 2.12. The molecule has 0 saturated heterocycles. The molecule has 2 aromatic rings. The average Bonchev–Trinajstić information content (AvgIpc) is 2.67. The number of benzene rings is 1. The van der Waals surface area contributed by atoms with Gasteiger partial charge in [0.05, 0.1) is 23.5 Å². The fourth-order valence-electron chi connectivity index (χ4n) is 2.48. The van der Waals surface area contributed by atoms with Crippen LogP contribution in [0.25, 0.3) is 0 Å². The van der Waals surface area contributed by atoms with E-state index in [2.05, 4.69) is 50.8 Å². The Kier molecular flexibility index (Phi) is 8.22. The van der Waals surface area contributed by atoms with Crippen molar-refractivity contribution in [1.29, 1.82) is 5.26 Å². The number of nitrogens with one attached hydrogen (secondary N) is 1. The monoisotopic (exact) mass is 492 g/mol. The lowest BCUT2D eigenvalue weighted by Crippen LogP contribution is -2.04. The first kappa shape index (κ1) is 21.7. The maximum atomic E-state index is 9.46. The highest BCUT2D eigenvalue weighted by molar-refractivity contribution is 14.1. The SMILES string of the molecule is C=CCOc1c(I)cc(/C=N\Nc2nc(C)cc(COC)c2C#N)cc1OC. The maximum Gasteiger partial charge on any atom is 0.174 e. The van der Waals surface area contributed by atoms with Crippen LogP contribution in [0.4, 0.5) is 5.82 Å². The summed E-state index contributed by atoms with van der Waals surface area (Å²) in [5.74, 6) is 1.65. The lowest BCUT2D eigenvalue weighted by molar-refractivity contribution is 0.184. The van der Waals surface area contributed by atoms with Gasteiger partial charge in [-0.3, -0.25) is 5.43 Å². The van der Waals surface area contributed by atoms with Crippen molar-refractivity contribution in [2.45, 2.75) is 13.5 Å². The fourth-order valence-corrected chi connectivity index (χ4v) is 3.26. The summed E-state index contributed by atoms with van der Waals surface area (Å²) in [4.78, 5) is 4.36. The van der Waals surface area contributed by atoms with Crippen molar-refractivity contribution >= 4 is 34.6 Å². The van der Waals surface area contributed by atoms with Crippen molar-refractivity contribution < 1.29 is 14.2 Å². The molecule has 2 rings (SSSR count). The van der Waals surface area contributed by atoms with Crippen LogP contribution in [-0.4, -0.2) is 32.0 Å². The minimum Gasteiger partial charge on any atom is -0.493 e. The molecule has 0 aliphatic carbocycles. The number of rotatable bonds is 9. The summed E-state index contributed by atoms with van der Waals surface area (Å²) in [5, 5.41) is 13.7. The van der Waals surface area contributed by atoms with Gasteiger partial charge in [-0.2, -0.15) is 10.4 Å². The number of pyridine rings is 1. The van der Waals surface area contributed by atoms with Crippen LogP contribution in [0.5, 0.6) is 11.5 Å². The number of hydrogen-bond donors (Lipinski definition) is 1. The van der Waals surface area contributed by atoms with Crippen LogP contribution in [0.1, 0.15) is 22.4 Å². The molecule has 0 saturated carbocycles. The van der Waals surface area contributed by atoms with Crippen LogP contribution in [-0.2, 0) is 11.3 Å². The molecule has 28 heavy (non-hydrogen) atoms. The Bertz CT molecular complexity index is 923. The van der Waals surface area contributed by atoms with E-state index in [1.807, 2.05) is 25.1 Å². The summed E-state index contributed by atoms with van der Waals surface area (Å²) in [6.07, 6.45) is 3.30. The molecule has 0 bridgehead atoms. The standard InChI is InChI=1S/C20H21IN4O3/c1-5-6-28-19-17(21)8-14(9-18(19)27-4)11-23-25-20-16(10-22)15(12-26-3)7-13(2)24-20/h5,7-9,11H,1,6,12H2,2-4H3,(H,24,25)/b23-11-. The Morgan fingerprint density at radius 3 is 2.79 bits per heavy atom. The molecular formula is C20H21IN4O3. The van der Waals surface area contributed by atoms with Gasteiger partial charge in [0.2, 0.25) is 0 Å². The van der Waals surface area contributed by atoms with Crippen LogP contribution < -0.4 is 14.9 Å². The number of nitrogens with zero attached hydrogens (tertiary/aromatic N) is 3. The number of aromatic nitrogens is 1. The minimum atomic E-state index is 0.326. The molecular weight excluding hydrogens is 471 g/mol. The number of anilines is 1. The molecule has 1 heterocycles. The maximum absolute atomic E-state index is 9.46. The molecule has 1 N–H and O–H groups in total. The first-order chi connectivity index (χ1) is 13.5. The minimum absolute atomic E-state index is 0.326. The fraction of sp³-hybridized carbons (Fsp3) is 0.250. The third-order valence-corrected chi connectivity index (χ3v) is 4.42. The zero-order chi connectivity index (χ0) is 20.5. The summed E-state index contributed by atoms with van der Waals surface area (Å²) in [5.41, 5.74) is 5.59. The Balaban J connectivity index is 2.27. The lowest BCUT2D eigenvalue weighted by Gasteiger charge is -2.12. The molecule has 8 heteroatoms. The summed E-state index contributed by atoms with van der Waals surface area (Å²) in [7, 11) is 3.16. The average molecular weight is 492 g/mol. The quantitative estimate of drug-likeness (QED) is 0.246. The Morgan fingerprint density at radius 2 is 2.14 bits per heavy atom. The third-order valence-electron chi connectivity index (χ3n) is 3.62. The van der Waals surface area contributed by atoms with E-state index in [0.29, 0.717) is 36.1 Å². The second-order valence-electron chi connectivity index (χ2n) is 5.69. The van der Waals surface area contributed by atoms with E-state index in [0.717, 1.165) is 20.4 Å². The third kappa shape index (κ3) is 5.43. The highest BCUT2D eigenvalue weighted by atomic mass is 127. The second-order valence-corrected chi connectivity index (χ2v) is 6.86. The molecule has 0 fully saturated rings. The Hall–Kier alpha value is -2.64. The van der Waals surface area contributed by atoms with E-state index in [-0.39, 0.29) is 0 Å². The van der Waals surface area contributed by atoms with Gasteiger partial charge >= 0.3 is 0 Å². The zero-order valence-electron chi connectivity index (χ0n) is 16.0. The van der Waals surface area contributed by atoms with Crippen molar-refractivity contribution in [3.63, 3.8) is 0 Å². The first-order valence-electron chi connectivity index (χ1n) is 8.33. The van der Waals surface area contributed by atoms with Crippen LogP contribution >= 0.6 is 22.6 Å². The number of ether oxygens (including phenoxy) is 3. The van der Waals surface area contributed by atoms with Gasteiger partial charge in [-0.15, -0.1) is 0 Å². The number of halogens is 1. The predicted octanol–water partition coefficient (Wildman–Crippen LogP) is 4.03. The van der Waals surface area contributed by atoms with Crippen molar-refractivity contribution in [3.05, 3.63) is 56.8 Å². The van der Waals surface area contributed by atoms with Crippen molar-refractivity contribution in [1.82, 2.24) is 4.98 Å². The normalized spacial score (nSPS) is 10.5. The summed E-state index contributed by atoms with van der Waals surface area (Å²) in [6, 6.07) is 7.71. The van der Waals surface area contributed by atoms with Gasteiger partial charge in [0.1, 0.15) is 18.2 Å². The molecule has 146 valence electrons. The van der Waals surface area contributed by atoms with Crippen LogP contribution in [0.15, 0.2) is 36.0 Å². The number of hydrogen-bond acceptors (Lipinski definition) is 7. The Labute approximate surface area is 178 Å². The molecule has 0 amide bonds. The molecule has 0 unspecified atom stereocenters. The van der Waals surface area contributed by atoms with Crippen LogP contribution in [0.3, 0.4) is 0 Å². The summed E-state index contributed by atoms with van der Waals surface area (Å²) in [6.45, 7) is 6.22. The smallest absolute Gasteiger partial charge is 0.174 e. The van der Waals surface area contributed by atoms with E-state index in [1.54, 1.807) is 26.5 Å². The van der Waals surface area contributed by atoms with Gasteiger partial charge in [0.25, 0.3) is 0 Å². The lowest BCUT2D eigenvalue weighted by atomic mass is 10.1. The first-order valence-corrected chi connectivity index (χ1v) is 9.41. The second kappa shape index (κ2) is 10.6. The van der Waals surface area contributed by atoms with Gasteiger partial charge in [0.15, 0.2) is 17.3 Å². The summed E-state index contributed by atoms with van der Waals surface area (Å²) < 4.78 is 17.1. The van der Waals surface area contributed by atoms with Crippen LogP contribution in [0.2, 0.25) is 0 Å². The van der Waals surface area contributed by atoms with E-state index in [1.165, 1.54) is 0 Å². The molecule has 7 nitrogen and oxygen atoms in total.